The lowest BCUT2D eigenvalue weighted by atomic mass is 10.1. The quantitative estimate of drug-likeness (QED) is 0.760. The number of ether oxygens (including phenoxy) is 1. The van der Waals surface area contributed by atoms with Crippen LogP contribution < -0.4 is 4.72 Å². The lowest BCUT2D eigenvalue weighted by Gasteiger charge is -2.20. The Morgan fingerprint density at radius 2 is 2.21 bits per heavy atom. The van der Waals surface area contributed by atoms with Gasteiger partial charge in [0.2, 0.25) is 10.0 Å². The fraction of sp³-hybridized carbons (Fsp3) is 0.500. The van der Waals surface area contributed by atoms with Crippen LogP contribution in [0.25, 0.3) is 0 Å². The van der Waals surface area contributed by atoms with E-state index in [1.165, 1.54) is 19.1 Å². The van der Waals surface area contributed by atoms with E-state index in [1.807, 2.05) is 0 Å². The molecule has 0 fully saturated rings. The highest BCUT2D eigenvalue weighted by molar-refractivity contribution is 7.91. The van der Waals surface area contributed by atoms with Crippen molar-refractivity contribution in [2.45, 2.75) is 23.7 Å². The zero-order chi connectivity index (χ0) is 14.7. The summed E-state index contributed by atoms with van der Waals surface area (Å²) in [5.74, 6) is -0.887. The highest BCUT2D eigenvalue weighted by Gasteiger charge is 2.33. The molecule has 1 aromatic rings. The van der Waals surface area contributed by atoms with Crippen LogP contribution in [0.4, 0.5) is 0 Å². The van der Waals surface area contributed by atoms with E-state index in [0.29, 0.717) is 4.34 Å². The Morgan fingerprint density at radius 3 is 2.68 bits per heavy atom. The van der Waals surface area contributed by atoms with Gasteiger partial charge in [0.1, 0.15) is 4.21 Å². The zero-order valence-corrected chi connectivity index (χ0v) is 12.7. The van der Waals surface area contributed by atoms with Gasteiger partial charge in [-0.25, -0.2) is 17.9 Å². The molecule has 9 heteroatoms. The number of aliphatic hydroxyl groups is 1. The van der Waals surface area contributed by atoms with Crippen LogP contribution >= 0.6 is 22.9 Å². The summed E-state index contributed by atoms with van der Waals surface area (Å²) in [6.07, 6.45) is 0. The van der Waals surface area contributed by atoms with Gasteiger partial charge in [-0.1, -0.05) is 11.6 Å². The average Bonchev–Trinajstić information content (AvgIpc) is 2.75. The van der Waals surface area contributed by atoms with Crippen molar-refractivity contribution in [1.29, 1.82) is 0 Å². The van der Waals surface area contributed by atoms with Gasteiger partial charge in [-0.2, -0.15) is 0 Å². The lowest BCUT2D eigenvalue weighted by molar-refractivity contribution is -0.162. The molecule has 0 saturated carbocycles. The number of nitrogens with one attached hydrogen (secondary N) is 1. The van der Waals surface area contributed by atoms with Gasteiger partial charge < -0.3 is 9.84 Å². The summed E-state index contributed by atoms with van der Waals surface area (Å²) in [6, 6.07) is 2.79. The lowest BCUT2D eigenvalue weighted by Crippen LogP contribution is -2.47. The molecule has 1 unspecified atom stereocenters. The Kier molecular flexibility index (Phi) is 5.34. The molecule has 19 heavy (non-hydrogen) atoms. The minimum Gasteiger partial charge on any atom is -0.464 e. The van der Waals surface area contributed by atoms with Crippen molar-refractivity contribution in [3.63, 3.8) is 0 Å². The number of carbonyl (C=O) groups excluding carboxylic acids is 1. The van der Waals surface area contributed by atoms with Crippen molar-refractivity contribution >= 4 is 38.9 Å². The summed E-state index contributed by atoms with van der Waals surface area (Å²) in [7, 11) is -3.80. The van der Waals surface area contributed by atoms with Crippen LogP contribution in [-0.2, 0) is 19.6 Å². The Hall–Kier alpha value is -0.670. The average molecular weight is 328 g/mol. The molecule has 0 radical (unpaired) electrons. The molecule has 0 spiro atoms. The maximum atomic E-state index is 11.9. The normalized spacial score (nSPS) is 14.9. The molecule has 0 bridgehead atoms. The summed E-state index contributed by atoms with van der Waals surface area (Å²) in [6.45, 7) is 2.38. The van der Waals surface area contributed by atoms with Crippen LogP contribution in [-0.4, -0.2) is 38.2 Å². The molecule has 0 amide bonds. The maximum absolute atomic E-state index is 11.9. The van der Waals surface area contributed by atoms with Gasteiger partial charge in [0.25, 0.3) is 0 Å². The van der Waals surface area contributed by atoms with Gasteiger partial charge in [0.15, 0.2) is 5.60 Å². The van der Waals surface area contributed by atoms with Crippen molar-refractivity contribution in [2.24, 2.45) is 0 Å². The summed E-state index contributed by atoms with van der Waals surface area (Å²) < 4.78 is 30.8. The third-order valence-corrected chi connectivity index (χ3v) is 5.26. The minimum absolute atomic E-state index is 0.0113. The molecule has 1 atom stereocenters. The molecule has 0 aliphatic carbocycles. The van der Waals surface area contributed by atoms with Gasteiger partial charge in [0, 0.05) is 0 Å². The first-order chi connectivity index (χ1) is 8.69. The molecule has 2 N–H and O–H groups in total. The van der Waals surface area contributed by atoms with Crippen molar-refractivity contribution in [1.82, 2.24) is 4.72 Å². The molecular formula is C10H14ClNO5S2. The van der Waals surface area contributed by atoms with Crippen molar-refractivity contribution in [3.05, 3.63) is 16.5 Å². The second-order valence-corrected chi connectivity index (χ2v) is 7.59. The molecule has 0 aliphatic rings. The molecule has 108 valence electrons. The van der Waals surface area contributed by atoms with E-state index in [1.54, 1.807) is 6.92 Å². The Morgan fingerprint density at radius 1 is 1.58 bits per heavy atom. The van der Waals surface area contributed by atoms with Gasteiger partial charge in [0.05, 0.1) is 17.5 Å². The van der Waals surface area contributed by atoms with Gasteiger partial charge in [-0.3, -0.25) is 0 Å². The first-order valence-electron chi connectivity index (χ1n) is 5.33. The monoisotopic (exact) mass is 327 g/mol. The van der Waals surface area contributed by atoms with Crippen molar-refractivity contribution in [3.8, 4) is 0 Å². The predicted molar refractivity (Wildman–Crippen MR) is 71.8 cm³/mol. The number of sulfonamides is 1. The predicted octanol–water partition coefficient (Wildman–Crippen LogP) is 0.994. The molecule has 1 aromatic heterocycles. The molecule has 1 rings (SSSR count). The van der Waals surface area contributed by atoms with Gasteiger partial charge in [-0.15, -0.1) is 11.3 Å². The second-order valence-electron chi connectivity index (χ2n) is 3.88. The van der Waals surface area contributed by atoms with E-state index in [4.69, 9.17) is 11.6 Å². The van der Waals surface area contributed by atoms with Crippen LogP contribution in [0, 0.1) is 0 Å². The van der Waals surface area contributed by atoms with Crippen LogP contribution in [0.15, 0.2) is 16.3 Å². The van der Waals surface area contributed by atoms with E-state index in [9.17, 15) is 18.3 Å². The number of halogens is 1. The molecule has 0 aromatic carbocycles. The largest absolute Gasteiger partial charge is 0.464 e. The van der Waals surface area contributed by atoms with Gasteiger partial charge >= 0.3 is 5.97 Å². The zero-order valence-electron chi connectivity index (χ0n) is 10.3. The Balaban J connectivity index is 2.73. The Labute approximate surface area is 120 Å². The highest BCUT2D eigenvalue weighted by atomic mass is 35.5. The van der Waals surface area contributed by atoms with Crippen molar-refractivity contribution < 1.29 is 23.1 Å². The first-order valence-corrected chi connectivity index (χ1v) is 8.01. The van der Waals surface area contributed by atoms with Crippen LogP contribution in [0.1, 0.15) is 13.8 Å². The van der Waals surface area contributed by atoms with Gasteiger partial charge in [-0.05, 0) is 26.0 Å². The second kappa shape index (κ2) is 6.19. The molecule has 6 nitrogen and oxygen atoms in total. The number of hydrogen-bond donors (Lipinski definition) is 2. The smallest absolute Gasteiger partial charge is 0.339 e. The third-order valence-electron chi connectivity index (χ3n) is 2.13. The van der Waals surface area contributed by atoms with Crippen molar-refractivity contribution in [2.75, 3.05) is 13.2 Å². The van der Waals surface area contributed by atoms with E-state index in [2.05, 4.69) is 9.46 Å². The Bertz CT molecular complexity index is 552. The SMILES string of the molecule is CCOC(=O)C(C)(O)CNS(=O)(=O)c1ccc(Cl)s1. The number of esters is 1. The fourth-order valence-electron chi connectivity index (χ4n) is 1.11. The molecule has 1 heterocycles. The van der Waals surface area contributed by atoms with E-state index in [0.717, 1.165) is 11.3 Å². The third kappa shape index (κ3) is 4.43. The number of hydrogen-bond acceptors (Lipinski definition) is 6. The standard InChI is InChI=1S/C10H14ClNO5S2/c1-3-17-9(13)10(2,14)6-12-19(15,16)8-5-4-7(11)18-8/h4-5,12,14H,3,6H2,1-2H3. The summed E-state index contributed by atoms with van der Waals surface area (Å²) >= 11 is 6.53. The number of carbonyl (C=O) groups is 1. The number of thiophene rings is 1. The maximum Gasteiger partial charge on any atom is 0.339 e. The van der Waals surface area contributed by atoms with E-state index >= 15 is 0 Å². The fourth-order valence-corrected chi connectivity index (χ4v) is 3.77. The molecule has 0 aliphatic heterocycles. The topological polar surface area (TPSA) is 92.7 Å². The van der Waals surface area contributed by atoms with Crippen LogP contribution in [0.2, 0.25) is 4.34 Å². The summed E-state index contributed by atoms with van der Waals surface area (Å²) in [4.78, 5) is 11.4. The summed E-state index contributed by atoms with van der Waals surface area (Å²) in [5, 5.41) is 9.81. The first kappa shape index (κ1) is 16.4. The minimum atomic E-state index is -3.80. The highest BCUT2D eigenvalue weighted by Crippen LogP contribution is 2.25. The molecule has 0 saturated heterocycles. The number of rotatable bonds is 6. The van der Waals surface area contributed by atoms with Crippen LogP contribution in [0.3, 0.4) is 0 Å². The van der Waals surface area contributed by atoms with Crippen LogP contribution in [0.5, 0.6) is 0 Å². The molecular weight excluding hydrogens is 314 g/mol. The van der Waals surface area contributed by atoms with E-state index < -0.39 is 28.1 Å². The summed E-state index contributed by atoms with van der Waals surface area (Å²) in [5.41, 5.74) is -1.93. The van der Waals surface area contributed by atoms with E-state index in [-0.39, 0.29) is 10.8 Å².